The number of rotatable bonds is 4. The minimum Gasteiger partial charge on any atom is -0.478 e. The Morgan fingerprint density at radius 1 is 1.09 bits per heavy atom. The Labute approximate surface area is 129 Å². The molecule has 0 saturated carbocycles. The molecule has 2 aromatic rings. The van der Waals surface area contributed by atoms with E-state index in [9.17, 15) is 14.7 Å². The van der Waals surface area contributed by atoms with Crippen molar-refractivity contribution in [2.75, 3.05) is 5.32 Å². The summed E-state index contributed by atoms with van der Waals surface area (Å²) in [4.78, 5) is 23.3. The van der Waals surface area contributed by atoms with Gasteiger partial charge in [-0.05, 0) is 31.5 Å². The van der Waals surface area contributed by atoms with Gasteiger partial charge in [-0.2, -0.15) is 0 Å². The van der Waals surface area contributed by atoms with Crippen molar-refractivity contribution < 1.29 is 14.7 Å². The molecule has 0 aliphatic rings. The van der Waals surface area contributed by atoms with Crippen LogP contribution in [0.1, 0.15) is 34.5 Å². The van der Waals surface area contributed by atoms with Crippen LogP contribution in [0.3, 0.4) is 0 Å². The van der Waals surface area contributed by atoms with E-state index in [-0.39, 0.29) is 17.3 Å². The number of aryl methyl sites for hydroxylation is 1. The summed E-state index contributed by atoms with van der Waals surface area (Å²) in [6.07, 6.45) is 0. The Balaban J connectivity index is 2.08. The van der Waals surface area contributed by atoms with Crippen LogP contribution < -0.4 is 10.6 Å². The van der Waals surface area contributed by atoms with Crippen LogP contribution in [0.4, 0.5) is 10.5 Å². The molecule has 0 aromatic heterocycles. The molecule has 0 aliphatic heterocycles. The number of anilines is 1. The molecule has 5 heteroatoms. The second kappa shape index (κ2) is 6.76. The van der Waals surface area contributed by atoms with Crippen molar-refractivity contribution in [3.63, 3.8) is 0 Å². The predicted octanol–water partition coefficient (Wildman–Crippen LogP) is 3.58. The van der Waals surface area contributed by atoms with Crippen LogP contribution in [0.2, 0.25) is 0 Å². The zero-order valence-corrected chi connectivity index (χ0v) is 12.5. The number of carboxylic acid groups (broad SMARTS) is 1. The van der Waals surface area contributed by atoms with Crippen molar-refractivity contribution in [3.05, 3.63) is 65.2 Å². The van der Waals surface area contributed by atoms with Gasteiger partial charge in [-0.25, -0.2) is 9.59 Å². The number of carbonyl (C=O) groups is 2. The topological polar surface area (TPSA) is 78.4 Å². The molecule has 114 valence electrons. The van der Waals surface area contributed by atoms with Crippen LogP contribution in [0, 0.1) is 6.92 Å². The first-order valence-corrected chi connectivity index (χ1v) is 6.94. The fraction of sp³-hybridized carbons (Fsp3) is 0.176. The number of amides is 2. The fourth-order valence-corrected chi connectivity index (χ4v) is 2.12. The van der Waals surface area contributed by atoms with Gasteiger partial charge in [0, 0.05) is 0 Å². The second-order valence-corrected chi connectivity index (χ2v) is 5.09. The lowest BCUT2D eigenvalue weighted by Gasteiger charge is -2.16. The van der Waals surface area contributed by atoms with Gasteiger partial charge >= 0.3 is 12.0 Å². The minimum absolute atomic E-state index is 0.0718. The summed E-state index contributed by atoms with van der Waals surface area (Å²) >= 11 is 0. The molecule has 0 heterocycles. The largest absolute Gasteiger partial charge is 0.478 e. The van der Waals surface area contributed by atoms with Crippen molar-refractivity contribution in [3.8, 4) is 0 Å². The molecule has 0 aliphatic carbocycles. The van der Waals surface area contributed by atoms with Gasteiger partial charge in [0.25, 0.3) is 0 Å². The van der Waals surface area contributed by atoms with Crippen LogP contribution in [0.5, 0.6) is 0 Å². The summed E-state index contributed by atoms with van der Waals surface area (Å²) in [6, 6.07) is 13.8. The van der Waals surface area contributed by atoms with E-state index in [1.54, 1.807) is 19.1 Å². The van der Waals surface area contributed by atoms with Gasteiger partial charge in [-0.3, -0.25) is 0 Å². The molecule has 1 atom stereocenters. The van der Waals surface area contributed by atoms with E-state index >= 15 is 0 Å². The summed E-state index contributed by atoms with van der Waals surface area (Å²) in [5.41, 5.74) is 2.14. The Kier molecular flexibility index (Phi) is 4.78. The van der Waals surface area contributed by atoms with Crippen LogP contribution in [0.25, 0.3) is 0 Å². The van der Waals surface area contributed by atoms with Crippen LogP contribution >= 0.6 is 0 Å². The van der Waals surface area contributed by atoms with Crippen molar-refractivity contribution in [1.29, 1.82) is 0 Å². The summed E-state index contributed by atoms with van der Waals surface area (Å²) in [7, 11) is 0. The zero-order valence-electron chi connectivity index (χ0n) is 12.5. The highest BCUT2D eigenvalue weighted by Crippen LogP contribution is 2.18. The van der Waals surface area contributed by atoms with Gasteiger partial charge in [0.05, 0.1) is 17.3 Å². The number of carbonyl (C=O) groups excluding carboxylic acids is 1. The van der Waals surface area contributed by atoms with Gasteiger partial charge in [0.15, 0.2) is 0 Å². The molecule has 5 nitrogen and oxygen atoms in total. The fourth-order valence-electron chi connectivity index (χ4n) is 2.12. The Morgan fingerprint density at radius 2 is 1.77 bits per heavy atom. The maximum absolute atomic E-state index is 12.0. The Morgan fingerprint density at radius 3 is 2.41 bits per heavy atom. The van der Waals surface area contributed by atoms with Crippen molar-refractivity contribution >= 4 is 17.7 Å². The summed E-state index contributed by atoms with van der Waals surface area (Å²) in [5, 5.41) is 14.6. The third kappa shape index (κ3) is 3.85. The van der Waals surface area contributed by atoms with E-state index in [0.29, 0.717) is 0 Å². The highest BCUT2D eigenvalue weighted by atomic mass is 16.4. The third-order valence-electron chi connectivity index (χ3n) is 3.30. The van der Waals surface area contributed by atoms with Gasteiger partial charge in [-0.15, -0.1) is 0 Å². The molecule has 22 heavy (non-hydrogen) atoms. The maximum atomic E-state index is 12.0. The molecule has 1 unspecified atom stereocenters. The number of nitrogens with one attached hydrogen (secondary N) is 2. The predicted molar refractivity (Wildman–Crippen MR) is 85.1 cm³/mol. The van der Waals surface area contributed by atoms with Gasteiger partial charge < -0.3 is 15.7 Å². The number of carboxylic acids is 1. The molecule has 3 N–H and O–H groups in total. The average molecular weight is 298 g/mol. The number of hydrogen-bond donors (Lipinski definition) is 3. The summed E-state index contributed by atoms with van der Waals surface area (Å²) in [6.45, 7) is 3.66. The number of hydrogen-bond acceptors (Lipinski definition) is 2. The van der Waals surface area contributed by atoms with E-state index in [1.807, 2.05) is 37.3 Å². The van der Waals surface area contributed by atoms with Crippen molar-refractivity contribution in [2.24, 2.45) is 0 Å². The first-order chi connectivity index (χ1) is 10.5. The third-order valence-corrected chi connectivity index (χ3v) is 3.30. The highest BCUT2D eigenvalue weighted by Gasteiger charge is 2.14. The van der Waals surface area contributed by atoms with Gasteiger partial charge in [0.2, 0.25) is 0 Å². The molecule has 0 saturated heterocycles. The normalized spacial score (nSPS) is 11.5. The molecular weight excluding hydrogens is 280 g/mol. The molecule has 0 fully saturated rings. The zero-order chi connectivity index (χ0) is 16.1. The van der Waals surface area contributed by atoms with E-state index < -0.39 is 12.0 Å². The summed E-state index contributed by atoms with van der Waals surface area (Å²) < 4.78 is 0. The van der Waals surface area contributed by atoms with E-state index in [1.165, 1.54) is 6.07 Å². The first-order valence-electron chi connectivity index (χ1n) is 6.94. The monoisotopic (exact) mass is 298 g/mol. The minimum atomic E-state index is -1.07. The first kappa shape index (κ1) is 15.6. The Bertz CT molecular complexity index is 684. The number of benzene rings is 2. The average Bonchev–Trinajstić information content (AvgIpc) is 2.49. The standard InChI is InChI=1S/C17H18N2O3/c1-11-8-9-15(14(10-11)16(20)21)19-17(22)18-12(2)13-6-4-3-5-7-13/h3-10,12H,1-2H3,(H,20,21)(H2,18,19,22). The number of aromatic carboxylic acids is 1. The lowest BCUT2D eigenvalue weighted by Crippen LogP contribution is -2.31. The summed E-state index contributed by atoms with van der Waals surface area (Å²) in [5.74, 6) is -1.07. The van der Waals surface area contributed by atoms with Crippen LogP contribution in [-0.2, 0) is 0 Å². The molecule has 0 bridgehead atoms. The second-order valence-electron chi connectivity index (χ2n) is 5.09. The van der Waals surface area contributed by atoms with Gasteiger partial charge in [0.1, 0.15) is 0 Å². The molecule has 0 spiro atoms. The van der Waals surface area contributed by atoms with E-state index in [0.717, 1.165) is 11.1 Å². The Hall–Kier alpha value is -2.82. The molecule has 2 rings (SSSR count). The smallest absolute Gasteiger partial charge is 0.337 e. The van der Waals surface area contributed by atoms with Crippen molar-refractivity contribution in [1.82, 2.24) is 5.32 Å². The molecule has 2 amide bonds. The lowest BCUT2D eigenvalue weighted by molar-refractivity contribution is 0.0698. The SMILES string of the molecule is Cc1ccc(NC(=O)NC(C)c2ccccc2)c(C(=O)O)c1. The molecular formula is C17H18N2O3. The van der Waals surface area contributed by atoms with E-state index in [2.05, 4.69) is 10.6 Å². The molecule has 0 radical (unpaired) electrons. The van der Waals surface area contributed by atoms with Gasteiger partial charge in [-0.1, -0.05) is 42.0 Å². The number of urea groups is 1. The van der Waals surface area contributed by atoms with Crippen molar-refractivity contribution in [2.45, 2.75) is 19.9 Å². The lowest BCUT2D eigenvalue weighted by atomic mass is 10.1. The highest BCUT2D eigenvalue weighted by molar-refractivity contribution is 6.00. The molecule has 2 aromatic carbocycles. The quantitative estimate of drug-likeness (QED) is 0.807. The van der Waals surface area contributed by atoms with E-state index in [4.69, 9.17) is 0 Å². The maximum Gasteiger partial charge on any atom is 0.337 e. The van der Waals surface area contributed by atoms with Crippen LogP contribution in [0.15, 0.2) is 48.5 Å². The van der Waals surface area contributed by atoms with Crippen LogP contribution in [-0.4, -0.2) is 17.1 Å².